The first-order chi connectivity index (χ1) is 15.5. The van der Waals surface area contributed by atoms with Crippen molar-refractivity contribution in [1.29, 1.82) is 0 Å². The quantitative estimate of drug-likeness (QED) is 0.404. The van der Waals surface area contributed by atoms with Gasteiger partial charge in [0, 0.05) is 37.7 Å². The molecular formula is C21H24BrNO10. The minimum Gasteiger partial charge on any atom is -0.463 e. The minimum absolute atomic E-state index is 0.257. The lowest BCUT2D eigenvalue weighted by atomic mass is 9.95. The number of amides is 1. The molecule has 0 spiro atoms. The van der Waals surface area contributed by atoms with E-state index in [1.54, 1.807) is 12.1 Å². The maximum absolute atomic E-state index is 12.9. The molecule has 5 atom stereocenters. The van der Waals surface area contributed by atoms with Crippen molar-refractivity contribution in [2.75, 3.05) is 6.61 Å². The number of benzene rings is 1. The maximum atomic E-state index is 12.9. The Morgan fingerprint density at radius 3 is 1.91 bits per heavy atom. The van der Waals surface area contributed by atoms with E-state index in [-0.39, 0.29) is 5.56 Å². The summed E-state index contributed by atoms with van der Waals surface area (Å²) in [6.45, 7) is 4.14. The van der Waals surface area contributed by atoms with Crippen LogP contribution in [0.25, 0.3) is 0 Å². The zero-order valence-electron chi connectivity index (χ0n) is 18.4. The monoisotopic (exact) mass is 529 g/mol. The zero-order chi connectivity index (χ0) is 24.7. The van der Waals surface area contributed by atoms with E-state index in [4.69, 9.17) is 23.7 Å². The maximum Gasteiger partial charge on any atom is 0.305 e. The first-order valence-electron chi connectivity index (χ1n) is 9.84. The molecule has 0 saturated carbocycles. The van der Waals surface area contributed by atoms with Gasteiger partial charge < -0.3 is 29.0 Å². The van der Waals surface area contributed by atoms with Crippen molar-refractivity contribution in [2.45, 2.75) is 58.3 Å². The number of hydrogen-bond donors (Lipinski definition) is 1. The molecular weight excluding hydrogens is 506 g/mol. The Hall–Kier alpha value is -2.99. The van der Waals surface area contributed by atoms with Gasteiger partial charge in [0.15, 0.2) is 12.2 Å². The number of ether oxygens (including phenoxy) is 5. The summed E-state index contributed by atoms with van der Waals surface area (Å²) >= 11 is 3.28. The van der Waals surface area contributed by atoms with Crippen molar-refractivity contribution in [2.24, 2.45) is 0 Å². The lowest BCUT2D eigenvalue weighted by Gasteiger charge is -2.44. The van der Waals surface area contributed by atoms with Gasteiger partial charge in [-0.2, -0.15) is 0 Å². The Kier molecular flexibility index (Phi) is 9.35. The Labute approximate surface area is 198 Å². The highest BCUT2D eigenvalue weighted by Gasteiger charge is 2.52. The summed E-state index contributed by atoms with van der Waals surface area (Å²) in [7, 11) is 0. The SMILES string of the molecule is CC(=O)OC[C@H]1O[C@@H](OC(C)=O)[C@@H](NC(=O)c2ccc(Br)cc2)[C@@H](OC(C)=O)[C@H]1OC(C)=O. The van der Waals surface area contributed by atoms with Crippen molar-refractivity contribution in [3.63, 3.8) is 0 Å². The van der Waals surface area contributed by atoms with Crippen LogP contribution in [0.2, 0.25) is 0 Å². The second-order valence-electron chi connectivity index (χ2n) is 7.11. The van der Waals surface area contributed by atoms with Gasteiger partial charge in [0.1, 0.15) is 18.8 Å². The highest BCUT2D eigenvalue weighted by Crippen LogP contribution is 2.28. The van der Waals surface area contributed by atoms with Gasteiger partial charge in [-0.25, -0.2) is 0 Å². The second-order valence-corrected chi connectivity index (χ2v) is 8.02. The van der Waals surface area contributed by atoms with Crippen LogP contribution in [0.15, 0.2) is 28.7 Å². The summed E-state index contributed by atoms with van der Waals surface area (Å²) in [5.74, 6) is -3.47. The molecule has 2 rings (SSSR count). The van der Waals surface area contributed by atoms with Crippen LogP contribution < -0.4 is 5.32 Å². The van der Waals surface area contributed by atoms with Gasteiger partial charge >= 0.3 is 23.9 Å². The third-order valence-electron chi connectivity index (χ3n) is 4.39. The Morgan fingerprint density at radius 1 is 0.848 bits per heavy atom. The fraction of sp³-hybridized carbons (Fsp3) is 0.476. The van der Waals surface area contributed by atoms with Crippen molar-refractivity contribution < 1.29 is 47.7 Å². The number of nitrogens with one attached hydrogen (secondary N) is 1. The molecule has 1 aliphatic rings. The van der Waals surface area contributed by atoms with Crippen LogP contribution in [0.5, 0.6) is 0 Å². The van der Waals surface area contributed by atoms with Crippen LogP contribution >= 0.6 is 15.9 Å². The van der Waals surface area contributed by atoms with Crippen LogP contribution in [-0.2, 0) is 42.9 Å². The van der Waals surface area contributed by atoms with Gasteiger partial charge in [-0.1, -0.05) is 15.9 Å². The topological polar surface area (TPSA) is 144 Å². The summed E-state index contributed by atoms with van der Waals surface area (Å²) in [4.78, 5) is 59.5. The molecule has 0 aliphatic carbocycles. The molecule has 1 saturated heterocycles. The minimum atomic E-state index is -1.45. The molecule has 1 amide bonds. The van der Waals surface area contributed by atoms with Crippen LogP contribution in [-0.4, -0.2) is 67.0 Å². The van der Waals surface area contributed by atoms with Crippen molar-refractivity contribution in [3.8, 4) is 0 Å². The molecule has 1 aromatic carbocycles. The summed E-state index contributed by atoms with van der Waals surface area (Å²) < 4.78 is 27.3. The van der Waals surface area contributed by atoms with E-state index >= 15 is 0 Å². The molecule has 12 heteroatoms. The van der Waals surface area contributed by atoms with Crippen LogP contribution in [0, 0.1) is 0 Å². The summed E-state index contributed by atoms with van der Waals surface area (Å²) in [6.07, 6.45) is -5.22. The molecule has 0 radical (unpaired) electrons. The Balaban J connectivity index is 2.44. The van der Waals surface area contributed by atoms with E-state index in [1.165, 1.54) is 12.1 Å². The number of esters is 4. The third-order valence-corrected chi connectivity index (χ3v) is 4.92. The first-order valence-corrected chi connectivity index (χ1v) is 10.6. The van der Waals surface area contributed by atoms with Gasteiger partial charge in [0.25, 0.3) is 5.91 Å². The molecule has 1 aliphatic heterocycles. The molecule has 180 valence electrons. The fourth-order valence-corrected chi connectivity index (χ4v) is 3.42. The van der Waals surface area contributed by atoms with Crippen LogP contribution in [0.3, 0.4) is 0 Å². The summed E-state index contributed by atoms with van der Waals surface area (Å²) in [6, 6.07) is 5.12. The number of halogens is 1. The highest BCUT2D eigenvalue weighted by molar-refractivity contribution is 9.10. The van der Waals surface area contributed by atoms with Crippen LogP contribution in [0.1, 0.15) is 38.1 Å². The second kappa shape index (κ2) is 11.8. The molecule has 1 aromatic rings. The molecule has 1 heterocycles. The third kappa shape index (κ3) is 7.82. The predicted octanol–water partition coefficient (Wildman–Crippen LogP) is 1.26. The lowest BCUT2D eigenvalue weighted by Crippen LogP contribution is -2.67. The first kappa shape index (κ1) is 26.3. The average Bonchev–Trinajstić information content (AvgIpc) is 2.70. The van der Waals surface area contributed by atoms with Crippen molar-refractivity contribution in [3.05, 3.63) is 34.3 Å². The number of rotatable bonds is 7. The lowest BCUT2D eigenvalue weighted by molar-refractivity contribution is -0.270. The summed E-state index contributed by atoms with van der Waals surface area (Å²) in [5.41, 5.74) is 0.257. The molecule has 0 aromatic heterocycles. The molecule has 11 nitrogen and oxygen atoms in total. The number of hydrogen-bond acceptors (Lipinski definition) is 10. The van der Waals surface area contributed by atoms with Gasteiger partial charge in [-0.05, 0) is 24.3 Å². The van der Waals surface area contributed by atoms with Gasteiger partial charge in [-0.15, -0.1) is 0 Å². The van der Waals surface area contributed by atoms with E-state index in [2.05, 4.69) is 21.2 Å². The van der Waals surface area contributed by atoms with Gasteiger partial charge in [-0.3, -0.25) is 24.0 Å². The predicted molar refractivity (Wildman–Crippen MR) is 114 cm³/mol. The number of carbonyl (C=O) groups is 5. The zero-order valence-corrected chi connectivity index (χ0v) is 19.9. The molecule has 33 heavy (non-hydrogen) atoms. The van der Waals surface area contributed by atoms with Gasteiger partial charge in [0.2, 0.25) is 6.29 Å². The Morgan fingerprint density at radius 2 is 1.39 bits per heavy atom. The van der Waals surface area contributed by atoms with Crippen LogP contribution in [0.4, 0.5) is 0 Å². The van der Waals surface area contributed by atoms with E-state index < -0.39 is 67.0 Å². The molecule has 0 unspecified atom stereocenters. The van der Waals surface area contributed by atoms with Crippen molar-refractivity contribution in [1.82, 2.24) is 5.32 Å². The summed E-state index contributed by atoms with van der Waals surface area (Å²) in [5, 5.41) is 2.62. The van der Waals surface area contributed by atoms with E-state index in [0.29, 0.717) is 0 Å². The largest absolute Gasteiger partial charge is 0.463 e. The molecule has 1 fully saturated rings. The average molecular weight is 530 g/mol. The Bertz CT molecular complexity index is 903. The normalized spacial score (nSPS) is 24.2. The highest BCUT2D eigenvalue weighted by atomic mass is 79.9. The van der Waals surface area contributed by atoms with E-state index in [1.807, 2.05) is 0 Å². The molecule has 0 bridgehead atoms. The van der Waals surface area contributed by atoms with Gasteiger partial charge in [0.05, 0.1) is 0 Å². The van der Waals surface area contributed by atoms with E-state index in [0.717, 1.165) is 32.2 Å². The standard InChI is InChI=1S/C21H24BrNO10/c1-10(24)29-9-16-18(30-11(2)25)19(31-12(3)26)17(21(33-16)32-13(4)27)23-20(28)14-5-7-15(22)8-6-14/h5-8,16-19,21H,9H2,1-4H3,(H,23,28)/t16-,17+,18+,19-,21-/m1/s1. The smallest absolute Gasteiger partial charge is 0.305 e. The number of carbonyl (C=O) groups excluding carboxylic acids is 5. The molecule has 1 N–H and O–H groups in total. The fourth-order valence-electron chi connectivity index (χ4n) is 3.16. The van der Waals surface area contributed by atoms with E-state index in [9.17, 15) is 24.0 Å². The van der Waals surface area contributed by atoms with Crippen molar-refractivity contribution >= 4 is 45.7 Å².